The van der Waals surface area contributed by atoms with Crippen LogP contribution in [0.1, 0.15) is 16.7 Å². The molecule has 0 aliphatic carbocycles. The van der Waals surface area contributed by atoms with E-state index in [2.05, 4.69) is 77.4 Å². The Labute approximate surface area is 242 Å². The van der Waals surface area contributed by atoms with Gasteiger partial charge in [0.05, 0.1) is 22.4 Å². The first-order valence-corrected chi connectivity index (χ1v) is 14.0. The molecule has 2 heterocycles. The van der Waals surface area contributed by atoms with E-state index < -0.39 is 0 Å². The zero-order chi connectivity index (χ0) is 28.0. The predicted octanol–water partition coefficient (Wildman–Crippen LogP) is 9.85. The maximum atomic E-state index is 8.74. The topological polar surface area (TPSA) is 54.3 Å². The number of aromatic nitrogens is 1. The van der Waals surface area contributed by atoms with Crippen molar-refractivity contribution in [1.82, 2.24) is 4.57 Å². The Morgan fingerprint density at radius 3 is 2.17 bits per heavy atom. The average Bonchev–Trinajstić information content (AvgIpc) is 3.60. The third kappa shape index (κ3) is 3.85. The first-order chi connectivity index (χ1) is 20.8. The zero-order valence-electron chi connectivity index (χ0n) is 22.7. The van der Waals surface area contributed by atoms with Crippen LogP contribution in [-0.4, -0.2) is 16.5 Å². The molecule has 8 aromatic rings. The van der Waals surface area contributed by atoms with Crippen LogP contribution in [0, 0.1) is 5.41 Å². The van der Waals surface area contributed by atoms with Crippen LogP contribution < -0.4 is 0 Å². The largest absolute Gasteiger partial charge is 0.454 e. The standard InChI is InChI=1S/C38H25N3O/c39-36(26-10-2-1-3-11-26)32-14-4-7-15-33(32)40-24-25-18-20-27(21-19-25)41-34-16-8-5-12-28(34)30-22-23-31-29-13-6-9-17-35(29)42-38(31)37(30)41/h1-24,39H. The minimum absolute atomic E-state index is 0.460. The molecule has 4 heteroatoms. The number of nitrogens with zero attached hydrogens (tertiary/aromatic N) is 2. The van der Waals surface area contributed by atoms with Gasteiger partial charge in [-0.05, 0) is 42.0 Å². The van der Waals surface area contributed by atoms with Crippen LogP contribution in [0.2, 0.25) is 0 Å². The molecule has 0 spiro atoms. The van der Waals surface area contributed by atoms with Gasteiger partial charge in [-0.3, -0.25) is 10.4 Å². The van der Waals surface area contributed by atoms with Gasteiger partial charge in [-0.2, -0.15) is 0 Å². The van der Waals surface area contributed by atoms with Crippen molar-refractivity contribution in [3.05, 3.63) is 156 Å². The molecule has 0 saturated heterocycles. The Balaban J connectivity index is 1.22. The molecule has 198 valence electrons. The molecule has 0 bridgehead atoms. The maximum absolute atomic E-state index is 8.74. The molecule has 0 unspecified atom stereocenters. The van der Waals surface area contributed by atoms with Crippen molar-refractivity contribution in [2.24, 2.45) is 4.99 Å². The van der Waals surface area contributed by atoms with E-state index in [1.165, 1.54) is 10.8 Å². The van der Waals surface area contributed by atoms with Gasteiger partial charge in [0.15, 0.2) is 5.58 Å². The quantitative estimate of drug-likeness (QED) is 0.217. The third-order valence-corrected chi connectivity index (χ3v) is 7.92. The summed E-state index contributed by atoms with van der Waals surface area (Å²) in [5.74, 6) is 0. The van der Waals surface area contributed by atoms with Gasteiger partial charge >= 0.3 is 0 Å². The fourth-order valence-electron chi connectivity index (χ4n) is 5.91. The van der Waals surface area contributed by atoms with E-state index in [0.717, 1.165) is 61.0 Å². The Hall–Kier alpha value is -5.74. The summed E-state index contributed by atoms with van der Waals surface area (Å²) in [7, 11) is 0. The van der Waals surface area contributed by atoms with Crippen LogP contribution >= 0.6 is 0 Å². The van der Waals surface area contributed by atoms with E-state index in [9.17, 15) is 0 Å². The van der Waals surface area contributed by atoms with Crippen molar-refractivity contribution in [1.29, 1.82) is 5.41 Å². The van der Waals surface area contributed by atoms with Gasteiger partial charge in [-0.1, -0.05) is 103 Å². The molecule has 0 saturated carbocycles. The minimum Gasteiger partial charge on any atom is -0.454 e. The number of benzene rings is 6. The summed E-state index contributed by atoms with van der Waals surface area (Å²) in [5, 5.41) is 13.3. The summed E-state index contributed by atoms with van der Waals surface area (Å²) in [5.41, 5.74) is 8.93. The summed E-state index contributed by atoms with van der Waals surface area (Å²) >= 11 is 0. The molecule has 6 aromatic carbocycles. The lowest BCUT2D eigenvalue weighted by molar-refractivity contribution is 0.671. The lowest BCUT2D eigenvalue weighted by Gasteiger charge is -2.09. The van der Waals surface area contributed by atoms with Crippen LogP contribution in [0.3, 0.4) is 0 Å². The summed E-state index contributed by atoms with van der Waals surface area (Å²) in [6.07, 6.45) is 1.87. The highest BCUT2D eigenvalue weighted by atomic mass is 16.3. The first kappa shape index (κ1) is 24.1. The molecular formula is C38H25N3O. The number of para-hydroxylation sites is 3. The number of aliphatic imine (C=N–C) groups is 1. The molecule has 0 amide bonds. The van der Waals surface area contributed by atoms with Crippen LogP contribution in [0.4, 0.5) is 5.69 Å². The molecular weight excluding hydrogens is 514 g/mol. The average molecular weight is 540 g/mol. The molecule has 2 aromatic heterocycles. The van der Waals surface area contributed by atoms with Crippen LogP contribution in [0.5, 0.6) is 0 Å². The predicted molar refractivity (Wildman–Crippen MR) is 174 cm³/mol. The second-order valence-corrected chi connectivity index (χ2v) is 10.4. The Bertz CT molecular complexity index is 2310. The summed E-state index contributed by atoms with van der Waals surface area (Å²) in [4.78, 5) is 4.79. The zero-order valence-corrected chi connectivity index (χ0v) is 22.7. The lowest BCUT2D eigenvalue weighted by atomic mass is 10.0. The number of fused-ring (bicyclic) bond motifs is 7. The number of rotatable bonds is 5. The van der Waals surface area contributed by atoms with Crippen molar-refractivity contribution >= 4 is 61.4 Å². The van der Waals surface area contributed by atoms with Crippen LogP contribution in [-0.2, 0) is 0 Å². The Morgan fingerprint density at radius 1 is 0.619 bits per heavy atom. The van der Waals surface area contributed by atoms with Gasteiger partial charge in [0.2, 0.25) is 0 Å². The highest BCUT2D eigenvalue weighted by molar-refractivity contribution is 6.21. The lowest BCUT2D eigenvalue weighted by Crippen LogP contribution is -2.01. The SMILES string of the molecule is N=C(c1ccccc1)c1ccccc1N=Cc1ccc(-n2c3ccccc3c3ccc4c5ccccc5oc4c32)cc1. The normalized spacial score (nSPS) is 11.8. The Morgan fingerprint density at radius 2 is 1.31 bits per heavy atom. The molecule has 0 radical (unpaired) electrons. The molecule has 0 aliphatic heterocycles. The van der Waals surface area contributed by atoms with E-state index >= 15 is 0 Å². The van der Waals surface area contributed by atoms with Gasteiger partial charge in [-0.15, -0.1) is 0 Å². The van der Waals surface area contributed by atoms with E-state index in [4.69, 9.17) is 14.8 Å². The van der Waals surface area contributed by atoms with Gasteiger partial charge in [0, 0.05) is 44.6 Å². The molecule has 4 nitrogen and oxygen atoms in total. The van der Waals surface area contributed by atoms with Crippen LogP contribution in [0.25, 0.3) is 49.4 Å². The number of nitrogens with one attached hydrogen (secondary N) is 1. The third-order valence-electron chi connectivity index (χ3n) is 7.92. The summed E-state index contributed by atoms with van der Waals surface area (Å²) in [6, 6.07) is 47.1. The first-order valence-electron chi connectivity index (χ1n) is 14.0. The van der Waals surface area contributed by atoms with E-state index in [-0.39, 0.29) is 0 Å². The number of hydrogen-bond acceptors (Lipinski definition) is 3. The monoisotopic (exact) mass is 539 g/mol. The molecule has 0 fully saturated rings. The van der Waals surface area contributed by atoms with Gasteiger partial charge in [0.25, 0.3) is 0 Å². The Kier molecular flexibility index (Phi) is 5.57. The fraction of sp³-hybridized carbons (Fsp3) is 0. The smallest absolute Gasteiger partial charge is 0.160 e. The molecule has 1 N–H and O–H groups in total. The fourth-order valence-corrected chi connectivity index (χ4v) is 5.91. The molecule has 0 aliphatic rings. The number of furan rings is 1. The highest BCUT2D eigenvalue weighted by Crippen LogP contribution is 2.40. The van der Waals surface area contributed by atoms with Crippen molar-refractivity contribution in [3.63, 3.8) is 0 Å². The van der Waals surface area contributed by atoms with Crippen molar-refractivity contribution in [2.45, 2.75) is 0 Å². The van der Waals surface area contributed by atoms with Gasteiger partial charge in [0.1, 0.15) is 5.58 Å². The van der Waals surface area contributed by atoms with Crippen molar-refractivity contribution in [2.75, 3.05) is 0 Å². The second-order valence-electron chi connectivity index (χ2n) is 10.4. The molecule has 42 heavy (non-hydrogen) atoms. The van der Waals surface area contributed by atoms with Gasteiger partial charge < -0.3 is 8.98 Å². The minimum atomic E-state index is 0.460. The van der Waals surface area contributed by atoms with E-state index in [1.807, 2.05) is 72.9 Å². The summed E-state index contributed by atoms with van der Waals surface area (Å²) < 4.78 is 8.77. The van der Waals surface area contributed by atoms with Crippen LogP contribution in [0.15, 0.2) is 149 Å². The molecule has 8 rings (SSSR count). The second kappa shape index (κ2) is 9.72. The van der Waals surface area contributed by atoms with E-state index in [0.29, 0.717) is 5.71 Å². The van der Waals surface area contributed by atoms with Gasteiger partial charge in [-0.25, -0.2) is 0 Å². The summed E-state index contributed by atoms with van der Waals surface area (Å²) in [6.45, 7) is 0. The van der Waals surface area contributed by atoms with E-state index in [1.54, 1.807) is 0 Å². The highest BCUT2D eigenvalue weighted by Gasteiger charge is 2.18. The number of hydrogen-bond donors (Lipinski definition) is 1. The molecule has 0 atom stereocenters. The van der Waals surface area contributed by atoms with Crippen molar-refractivity contribution in [3.8, 4) is 5.69 Å². The maximum Gasteiger partial charge on any atom is 0.160 e. The van der Waals surface area contributed by atoms with Crippen molar-refractivity contribution < 1.29 is 4.42 Å².